The summed E-state index contributed by atoms with van der Waals surface area (Å²) in [6.45, 7) is 0. The van der Waals surface area contributed by atoms with Crippen molar-refractivity contribution in [2.45, 2.75) is 14.7 Å². The predicted molar refractivity (Wildman–Crippen MR) is 164 cm³/mol. The molecule has 0 unspecified atom stereocenters. The minimum atomic E-state index is -4.57. The summed E-state index contributed by atoms with van der Waals surface area (Å²) in [7, 11) is -12.8. The van der Waals surface area contributed by atoms with Crippen molar-refractivity contribution in [3.8, 4) is 0 Å². The zero-order chi connectivity index (χ0) is 34.4. The highest BCUT2D eigenvalue weighted by molar-refractivity contribution is 7.93. The molecule has 0 aliphatic rings. The SMILES string of the molecule is O=S(=O)(Nc1ccccc1)c1ccc(F)cc1.O=S(=O)(Nc1ccccc1NS(=O)(=O)c1ccc(F)cc1F)c1ccc(F)cc1F. The van der Waals surface area contributed by atoms with Gasteiger partial charge in [-0.3, -0.25) is 14.2 Å². The molecule has 246 valence electrons. The number of benzene rings is 5. The summed E-state index contributed by atoms with van der Waals surface area (Å²) < 4.78 is 147. The zero-order valence-electron chi connectivity index (χ0n) is 23.5. The minimum absolute atomic E-state index is 0.0303. The van der Waals surface area contributed by atoms with Gasteiger partial charge in [-0.05, 0) is 72.8 Å². The van der Waals surface area contributed by atoms with Gasteiger partial charge < -0.3 is 0 Å². The molecule has 0 aliphatic heterocycles. The molecule has 47 heavy (non-hydrogen) atoms. The molecule has 0 fully saturated rings. The summed E-state index contributed by atoms with van der Waals surface area (Å²) in [5.74, 6) is -5.14. The first-order valence-corrected chi connectivity index (χ1v) is 17.4. The largest absolute Gasteiger partial charge is 0.280 e. The molecule has 0 aromatic heterocycles. The second-order valence-electron chi connectivity index (χ2n) is 9.33. The van der Waals surface area contributed by atoms with E-state index in [4.69, 9.17) is 0 Å². The molecule has 0 bridgehead atoms. The summed E-state index contributed by atoms with van der Waals surface area (Å²) in [4.78, 5) is -1.71. The fraction of sp³-hybridized carbons (Fsp3) is 0. The molecule has 5 rings (SSSR count). The van der Waals surface area contributed by atoms with Crippen LogP contribution in [0.4, 0.5) is 39.0 Å². The average molecular weight is 712 g/mol. The van der Waals surface area contributed by atoms with Crippen LogP contribution in [0.3, 0.4) is 0 Å². The van der Waals surface area contributed by atoms with E-state index in [2.05, 4.69) is 4.72 Å². The third-order valence-corrected chi connectivity index (χ3v) is 10.1. The molecule has 0 atom stereocenters. The number of hydrogen-bond donors (Lipinski definition) is 3. The Morgan fingerprint density at radius 1 is 0.404 bits per heavy atom. The number of nitrogens with one attached hydrogen (secondary N) is 3. The van der Waals surface area contributed by atoms with E-state index in [0.717, 1.165) is 36.4 Å². The van der Waals surface area contributed by atoms with Gasteiger partial charge in [0.05, 0.1) is 16.3 Å². The van der Waals surface area contributed by atoms with Crippen LogP contribution >= 0.6 is 0 Å². The van der Waals surface area contributed by atoms with Crippen LogP contribution in [0.2, 0.25) is 0 Å². The molecule has 0 aliphatic carbocycles. The average Bonchev–Trinajstić information content (AvgIpc) is 2.98. The Bertz CT molecular complexity index is 2120. The lowest BCUT2D eigenvalue weighted by atomic mass is 10.3. The number of hydrogen-bond acceptors (Lipinski definition) is 6. The highest BCUT2D eigenvalue weighted by atomic mass is 32.2. The summed E-state index contributed by atoms with van der Waals surface area (Å²) >= 11 is 0. The van der Waals surface area contributed by atoms with Crippen molar-refractivity contribution in [3.63, 3.8) is 0 Å². The normalized spacial score (nSPS) is 11.6. The maximum absolute atomic E-state index is 13.9. The molecule has 0 saturated carbocycles. The summed E-state index contributed by atoms with van der Waals surface area (Å²) in [5, 5.41) is 0. The Labute approximate surface area is 266 Å². The molecule has 0 saturated heterocycles. The third kappa shape index (κ3) is 9.05. The molecule has 0 heterocycles. The molecule has 0 spiro atoms. The molecule has 0 amide bonds. The van der Waals surface area contributed by atoms with Crippen LogP contribution < -0.4 is 14.2 Å². The fourth-order valence-electron chi connectivity index (χ4n) is 3.78. The van der Waals surface area contributed by atoms with Gasteiger partial charge in [0, 0.05) is 17.8 Å². The Kier molecular flexibility index (Phi) is 10.5. The van der Waals surface area contributed by atoms with Crippen LogP contribution in [0, 0.1) is 29.1 Å². The number of halogens is 5. The van der Waals surface area contributed by atoms with E-state index in [1.165, 1.54) is 24.3 Å². The quantitative estimate of drug-likeness (QED) is 0.150. The van der Waals surface area contributed by atoms with Crippen LogP contribution in [0.15, 0.2) is 130 Å². The number of rotatable bonds is 9. The molecular weight excluding hydrogens is 690 g/mol. The van der Waals surface area contributed by atoms with Crippen LogP contribution in [-0.4, -0.2) is 25.3 Å². The van der Waals surface area contributed by atoms with Crippen molar-refractivity contribution in [3.05, 3.63) is 144 Å². The monoisotopic (exact) mass is 711 g/mol. The maximum atomic E-state index is 13.9. The predicted octanol–water partition coefficient (Wildman–Crippen LogP) is 6.47. The van der Waals surface area contributed by atoms with E-state index in [9.17, 15) is 47.2 Å². The van der Waals surface area contributed by atoms with E-state index < -0.39 is 68.9 Å². The Morgan fingerprint density at radius 3 is 1.23 bits per heavy atom. The first-order chi connectivity index (χ1) is 22.1. The van der Waals surface area contributed by atoms with E-state index in [0.29, 0.717) is 30.0 Å². The Balaban J connectivity index is 0.000000248. The Morgan fingerprint density at radius 2 is 0.809 bits per heavy atom. The van der Waals surface area contributed by atoms with E-state index in [1.54, 1.807) is 30.3 Å². The molecule has 3 N–H and O–H groups in total. The van der Waals surface area contributed by atoms with E-state index >= 15 is 0 Å². The summed E-state index contributed by atoms with van der Waals surface area (Å²) in [6.07, 6.45) is 0. The van der Waals surface area contributed by atoms with Crippen LogP contribution in [0.5, 0.6) is 0 Å². The van der Waals surface area contributed by atoms with Gasteiger partial charge in [-0.1, -0.05) is 30.3 Å². The van der Waals surface area contributed by atoms with Gasteiger partial charge in [0.1, 0.15) is 38.9 Å². The first-order valence-electron chi connectivity index (χ1n) is 13.0. The van der Waals surface area contributed by atoms with Gasteiger partial charge in [-0.25, -0.2) is 47.2 Å². The van der Waals surface area contributed by atoms with Crippen molar-refractivity contribution in [2.75, 3.05) is 14.2 Å². The molecule has 9 nitrogen and oxygen atoms in total. The van der Waals surface area contributed by atoms with Gasteiger partial charge in [0.25, 0.3) is 30.1 Å². The number of anilines is 3. The van der Waals surface area contributed by atoms with Crippen molar-refractivity contribution >= 4 is 47.1 Å². The van der Waals surface area contributed by atoms with Crippen LogP contribution in [0.25, 0.3) is 0 Å². The lowest BCUT2D eigenvalue weighted by molar-refractivity contribution is 0.549. The van der Waals surface area contributed by atoms with Gasteiger partial charge >= 0.3 is 0 Å². The molecular formula is C30H22F5N3O6S3. The van der Waals surface area contributed by atoms with Crippen LogP contribution in [0.1, 0.15) is 0 Å². The zero-order valence-corrected chi connectivity index (χ0v) is 26.0. The van der Waals surface area contributed by atoms with Gasteiger partial charge in [0.15, 0.2) is 0 Å². The van der Waals surface area contributed by atoms with Crippen molar-refractivity contribution in [1.82, 2.24) is 0 Å². The highest BCUT2D eigenvalue weighted by Gasteiger charge is 2.24. The maximum Gasteiger partial charge on any atom is 0.264 e. The van der Waals surface area contributed by atoms with Gasteiger partial charge in [0.2, 0.25) is 0 Å². The third-order valence-electron chi connectivity index (χ3n) is 5.93. The van der Waals surface area contributed by atoms with E-state index in [-0.39, 0.29) is 16.3 Å². The summed E-state index contributed by atoms with van der Waals surface area (Å²) in [6, 6.07) is 21.9. The van der Waals surface area contributed by atoms with Gasteiger partial charge in [-0.2, -0.15) is 0 Å². The molecule has 0 radical (unpaired) electrons. The fourth-order valence-corrected chi connectivity index (χ4v) is 7.12. The molecule has 5 aromatic carbocycles. The van der Waals surface area contributed by atoms with Gasteiger partial charge in [-0.15, -0.1) is 0 Å². The van der Waals surface area contributed by atoms with Crippen molar-refractivity contribution < 1.29 is 47.2 Å². The van der Waals surface area contributed by atoms with Crippen LogP contribution in [-0.2, 0) is 30.1 Å². The smallest absolute Gasteiger partial charge is 0.264 e. The second-order valence-corrected chi connectivity index (χ2v) is 14.3. The topological polar surface area (TPSA) is 139 Å². The lowest BCUT2D eigenvalue weighted by Gasteiger charge is -2.15. The van der Waals surface area contributed by atoms with E-state index in [1.807, 2.05) is 9.44 Å². The second kappa shape index (κ2) is 14.2. The minimum Gasteiger partial charge on any atom is -0.280 e. The lowest BCUT2D eigenvalue weighted by Crippen LogP contribution is -2.19. The first kappa shape index (κ1) is 34.9. The number of sulfonamides is 3. The van der Waals surface area contributed by atoms with Crippen molar-refractivity contribution in [1.29, 1.82) is 0 Å². The standard InChI is InChI=1S/C18H12F4N2O4S2.C12H10FNO2S/c19-11-5-7-17(13(21)9-11)29(25,26)23-15-3-1-2-4-16(15)24-30(27,28)18-8-6-12(20)10-14(18)22;13-10-6-8-12(9-7-10)17(15,16)14-11-4-2-1-3-5-11/h1-10,23-24H;1-9,14H. The van der Waals surface area contributed by atoms with Crippen molar-refractivity contribution in [2.24, 2.45) is 0 Å². The summed E-state index contributed by atoms with van der Waals surface area (Å²) in [5.41, 5.74) is -0.156. The molecule has 5 aromatic rings. The number of para-hydroxylation sites is 3. The Hall–Kier alpha value is -5.00. The molecule has 17 heteroatoms. The highest BCUT2D eigenvalue weighted by Crippen LogP contribution is 2.28.